The smallest absolute Gasteiger partial charge is 0.331 e. The molecule has 0 saturated heterocycles. The zero-order valence-corrected chi connectivity index (χ0v) is 8.36. The molecule has 4 N–H and O–H groups in total. The lowest BCUT2D eigenvalue weighted by molar-refractivity contribution is -0.161. The third-order valence-corrected chi connectivity index (χ3v) is 1.44. The standard InChI is InChI=1S/C8H14N2O5/c1-5(11)15-8(14)6(4-7(12)13)10-3-2-9/h6,10H,2-4,9H2,1H3,(H,12,13). The Kier molecular flexibility index (Phi) is 6.23. The Bertz CT molecular complexity index is 253. The van der Waals surface area contributed by atoms with E-state index in [0.29, 0.717) is 0 Å². The minimum atomic E-state index is -1.16. The van der Waals surface area contributed by atoms with Crippen molar-refractivity contribution in [3.8, 4) is 0 Å². The van der Waals surface area contributed by atoms with Crippen molar-refractivity contribution in [2.24, 2.45) is 5.73 Å². The van der Waals surface area contributed by atoms with Crippen LogP contribution in [0, 0.1) is 0 Å². The molecular weight excluding hydrogens is 204 g/mol. The summed E-state index contributed by atoms with van der Waals surface area (Å²) in [5, 5.41) is 11.1. The number of hydrogen-bond acceptors (Lipinski definition) is 6. The van der Waals surface area contributed by atoms with Crippen LogP contribution in [0.1, 0.15) is 13.3 Å². The van der Waals surface area contributed by atoms with Gasteiger partial charge in [0.05, 0.1) is 6.42 Å². The monoisotopic (exact) mass is 218 g/mol. The maximum Gasteiger partial charge on any atom is 0.331 e. The van der Waals surface area contributed by atoms with E-state index in [1.54, 1.807) is 0 Å². The molecule has 15 heavy (non-hydrogen) atoms. The van der Waals surface area contributed by atoms with E-state index in [4.69, 9.17) is 10.8 Å². The number of nitrogens with one attached hydrogen (secondary N) is 1. The van der Waals surface area contributed by atoms with E-state index in [9.17, 15) is 14.4 Å². The zero-order chi connectivity index (χ0) is 11.8. The van der Waals surface area contributed by atoms with Crippen molar-refractivity contribution in [1.82, 2.24) is 5.32 Å². The lowest BCUT2D eigenvalue weighted by Crippen LogP contribution is -2.42. The first-order chi connectivity index (χ1) is 6.97. The number of carboxylic acids is 1. The Balaban J connectivity index is 4.26. The summed E-state index contributed by atoms with van der Waals surface area (Å²) >= 11 is 0. The number of esters is 2. The number of carbonyl (C=O) groups is 3. The number of aliphatic carboxylic acids is 1. The molecule has 0 radical (unpaired) electrons. The number of hydrogen-bond donors (Lipinski definition) is 3. The van der Waals surface area contributed by atoms with Crippen molar-refractivity contribution in [2.45, 2.75) is 19.4 Å². The molecule has 0 aliphatic heterocycles. The molecule has 1 unspecified atom stereocenters. The van der Waals surface area contributed by atoms with Gasteiger partial charge in [-0.3, -0.25) is 9.59 Å². The van der Waals surface area contributed by atoms with Crippen LogP contribution in [0.4, 0.5) is 0 Å². The van der Waals surface area contributed by atoms with Gasteiger partial charge < -0.3 is 20.9 Å². The van der Waals surface area contributed by atoms with Crippen molar-refractivity contribution < 1.29 is 24.2 Å². The van der Waals surface area contributed by atoms with Crippen molar-refractivity contribution in [2.75, 3.05) is 13.1 Å². The van der Waals surface area contributed by atoms with Gasteiger partial charge in [0.15, 0.2) is 0 Å². The average molecular weight is 218 g/mol. The molecule has 0 saturated carbocycles. The minimum Gasteiger partial charge on any atom is -0.481 e. The van der Waals surface area contributed by atoms with E-state index in [2.05, 4.69) is 10.1 Å². The van der Waals surface area contributed by atoms with Crippen molar-refractivity contribution in [1.29, 1.82) is 0 Å². The van der Waals surface area contributed by atoms with Gasteiger partial charge in [0.1, 0.15) is 6.04 Å². The van der Waals surface area contributed by atoms with Crippen molar-refractivity contribution in [3.05, 3.63) is 0 Å². The van der Waals surface area contributed by atoms with Crippen LogP contribution in [0.3, 0.4) is 0 Å². The highest BCUT2D eigenvalue weighted by atomic mass is 16.6. The maximum absolute atomic E-state index is 11.2. The SMILES string of the molecule is CC(=O)OC(=O)C(CC(=O)O)NCCN. The van der Waals surface area contributed by atoms with Gasteiger partial charge in [-0.05, 0) is 0 Å². The Morgan fingerprint density at radius 1 is 1.47 bits per heavy atom. The molecule has 86 valence electrons. The second-order valence-electron chi connectivity index (χ2n) is 2.81. The van der Waals surface area contributed by atoms with Crippen LogP contribution >= 0.6 is 0 Å². The highest BCUT2D eigenvalue weighted by Crippen LogP contribution is 1.96. The van der Waals surface area contributed by atoms with Crippen LogP contribution in [-0.4, -0.2) is 42.1 Å². The first kappa shape index (κ1) is 13.5. The van der Waals surface area contributed by atoms with Gasteiger partial charge in [-0.15, -0.1) is 0 Å². The molecule has 0 aliphatic rings. The number of carbonyl (C=O) groups excluding carboxylic acids is 2. The van der Waals surface area contributed by atoms with Gasteiger partial charge in [-0.2, -0.15) is 0 Å². The van der Waals surface area contributed by atoms with E-state index in [0.717, 1.165) is 6.92 Å². The highest BCUT2D eigenvalue weighted by molar-refractivity contribution is 5.89. The van der Waals surface area contributed by atoms with Gasteiger partial charge in [-0.25, -0.2) is 4.79 Å². The molecule has 0 spiro atoms. The van der Waals surface area contributed by atoms with Gasteiger partial charge >= 0.3 is 17.9 Å². The minimum absolute atomic E-state index is 0.253. The van der Waals surface area contributed by atoms with Crippen molar-refractivity contribution in [3.63, 3.8) is 0 Å². The van der Waals surface area contributed by atoms with Gasteiger partial charge in [0.2, 0.25) is 0 Å². The number of nitrogens with two attached hydrogens (primary N) is 1. The summed E-state index contributed by atoms with van der Waals surface area (Å²) in [6.45, 7) is 1.59. The molecule has 0 aliphatic carbocycles. The molecule has 0 bridgehead atoms. The Morgan fingerprint density at radius 2 is 2.07 bits per heavy atom. The molecule has 7 heteroatoms. The van der Waals surface area contributed by atoms with Gasteiger partial charge in [0, 0.05) is 20.0 Å². The summed E-state index contributed by atoms with van der Waals surface area (Å²) in [5.74, 6) is -2.84. The normalized spacial score (nSPS) is 11.9. The van der Waals surface area contributed by atoms with Crippen LogP contribution in [0.25, 0.3) is 0 Å². The molecule has 0 aromatic carbocycles. The van der Waals surface area contributed by atoms with Gasteiger partial charge in [-0.1, -0.05) is 0 Å². The first-order valence-electron chi connectivity index (χ1n) is 4.35. The van der Waals surface area contributed by atoms with E-state index in [1.807, 2.05) is 0 Å². The largest absolute Gasteiger partial charge is 0.481 e. The van der Waals surface area contributed by atoms with Crippen LogP contribution in [0.2, 0.25) is 0 Å². The van der Waals surface area contributed by atoms with Crippen LogP contribution in [-0.2, 0) is 19.1 Å². The summed E-state index contributed by atoms with van der Waals surface area (Å²) in [4.78, 5) is 32.1. The van der Waals surface area contributed by atoms with Crippen LogP contribution < -0.4 is 11.1 Å². The molecule has 0 amide bonds. The highest BCUT2D eigenvalue weighted by Gasteiger charge is 2.23. The Morgan fingerprint density at radius 3 is 2.47 bits per heavy atom. The fourth-order valence-electron chi connectivity index (χ4n) is 0.884. The van der Waals surface area contributed by atoms with E-state index in [1.165, 1.54) is 0 Å². The molecule has 0 aromatic heterocycles. The summed E-state index contributed by atoms with van der Waals surface area (Å²) in [6, 6.07) is -1.05. The fourth-order valence-corrected chi connectivity index (χ4v) is 0.884. The van der Waals surface area contributed by atoms with Crippen LogP contribution in [0.15, 0.2) is 0 Å². The topological polar surface area (TPSA) is 119 Å². The predicted octanol–water partition coefficient (Wildman–Crippen LogP) is -1.53. The summed E-state index contributed by atoms with van der Waals surface area (Å²) in [5.41, 5.74) is 5.18. The Labute approximate surface area is 86.6 Å². The van der Waals surface area contributed by atoms with E-state index >= 15 is 0 Å². The molecule has 1 atom stereocenters. The fraction of sp³-hybridized carbons (Fsp3) is 0.625. The lowest BCUT2D eigenvalue weighted by Gasteiger charge is -2.13. The quantitative estimate of drug-likeness (QED) is 0.365. The second kappa shape index (κ2) is 6.91. The zero-order valence-electron chi connectivity index (χ0n) is 8.36. The summed E-state index contributed by atoms with van der Waals surface area (Å²) in [7, 11) is 0. The maximum atomic E-state index is 11.2. The third kappa shape index (κ3) is 6.58. The van der Waals surface area contributed by atoms with E-state index < -0.39 is 30.4 Å². The molecular formula is C8H14N2O5. The Hall–Kier alpha value is -1.47. The number of rotatable bonds is 6. The van der Waals surface area contributed by atoms with Gasteiger partial charge in [0.25, 0.3) is 0 Å². The predicted molar refractivity (Wildman–Crippen MR) is 49.9 cm³/mol. The van der Waals surface area contributed by atoms with Crippen LogP contribution in [0.5, 0.6) is 0 Å². The second-order valence-corrected chi connectivity index (χ2v) is 2.81. The number of ether oxygens (including phenoxy) is 1. The third-order valence-electron chi connectivity index (χ3n) is 1.44. The summed E-state index contributed by atoms with van der Waals surface area (Å²) in [6.07, 6.45) is -0.452. The molecule has 0 heterocycles. The number of carboxylic acid groups (broad SMARTS) is 1. The molecule has 0 aromatic rings. The molecule has 0 fully saturated rings. The first-order valence-corrected chi connectivity index (χ1v) is 4.35. The van der Waals surface area contributed by atoms with Crippen molar-refractivity contribution >= 4 is 17.9 Å². The average Bonchev–Trinajstić information content (AvgIpc) is 2.10. The molecule has 7 nitrogen and oxygen atoms in total. The van der Waals surface area contributed by atoms with E-state index in [-0.39, 0.29) is 13.1 Å². The molecule has 0 rings (SSSR count). The summed E-state index contributed by atoms with van der Waals surface area (Å²) < 4.78 is 4.27. The lowest BCUT2D eigenvalue weighted by atomic mass is 10.2.